The Balaban J connectivity index is 1.35. The summed E-state index contributed by atoms with van der Waals surface area (Å²) < 4.78 is 5.18. The van der Waals surface area contributed by atoms with Crippen LogP contribution in [0.4, 0.5) is 5.69 Å². The van der Waals surface area contributed by atoms with Crippen molar-refractivity contribution in [2.75, 3.05) is 32.1 Å². The molecule has 30 heavy (non-hydrogen) atoms. The number of nitrogens with zero attached hydrogens (tertiary/aromatic N) is 2. The van der Waals surface area contributed by atoms with Crippen LogP contribution in [0.5, 0.6) is 5.75 Å². The lowest BCUT2D eigenvalue weighted by Crippen LogP contribution is -2.52. The van der Waals surface area contributed by atoms with Gasteiger partial charge in [-0.3, -0.25) is 19.5 Å². The van der Waals surface area contributed by atoms with Gasteiger partial charge in [-0.05, 0) is 24.3 Å². The van der Waals surface area contributed by atoms with Crippen LogP contribution in [0.2, 0.25) is 5.02 Å². The molecule has 2 aliphatic heterocycles. The Bertz CT molecular complexity index is 982. The number of carbonyl (C=O) groups excluding carboxylic acids is 2. The van der Waals surface area contributed by atoms with Crippen LogP contribution < -0.4 is 15.4 Å². The molecule has 2 aliphatic rings. The van der Waals surface area contributed by atoms with Gasteiger partial charge in [-0.25, -0.2) is 0 Å². The lowest BCUT2D eigenvalue weighted by molar-refractivity contribution is -0.119. The molecule has 1 fully saturated rings. The molecule has 2 aromatic carbocycles. The topological polar surface area (TPSA) is 83.0 Å². The monoisotopic (exact) mass is 426 g/mol. The van der Waals surface area contributed by atoms with Gasteiger partial charge in [0.25, 0.3) is 5.91 Å². The third-order valence-electron chi connectivity index (χ3n) is 5.41. The van der Waals surface area contributed by atoms with Crippen LogP contribution in [0.3, 0.4) is 0 Å². The second-order valence-corrected chi connectivity index (χ2v) is 7.95. The number of methoxy groups -OCH3 is 1. The van der Waals surface area contributed by atoms with Crippen molar-refractivity contribution >= 4 is 34.8 Å². The van der Waals surface area contributed by atoms with Crippen molar-refractivity contribution in [2.45, 2.75) is 18.5 Å². The molecular formula is C22H23ClN4O3. The molecule has 0 unspecified atom stereocenters. The molecule has 0 aromatic heterocycles. The lowest BCUT2D eigenvalue weighted by atomic mass is 9.98. The van der Waals surface area contributed by atoms with Crippen molar-refractivity contribution in [2.24, 2.45) is 4.99 Å². The maximum absolute atomic E-state index is 12.5. The van der Waals surface area contributed by atoms with Gasteiger partial charge in [-0.15, -0.1) is 0 Å². The Morgan fingerprint density at radius 1 is 1.23 bits per heavy atom. The van der Waals surface area contributed by atoms with E-state index < -0.39 is 5.66 Å². The van der Waals surface area contributed by atoms with Crippen molar-refractivity contribution in [3.8, 4) is 5.75 Å². The summed E-state index contributed by atoms with van der Waals surface area (Å²) in [4.78, 5) is 31.7. The molecule has 4 rings (SSSR count). The number of likely N-dealkylation sites (tertiary alicyclic amines) is 1. The Kier molecular flexibility index (Phi) is 5.74. The number of piperidine rings is 1. The number of nitrogens with one attached hydrogen (secondary N) is 2. The number of rotatable bonds is 5. The van der Waals surface area contributed by atoms with Gasteiger partial charge in [-0.1, -0.05) is 29.8 Å². The highest BCUT2D eigenvalue weighted by Gasteiger charge is 2.42. The van der Waals surface area contributed by atoms with Gasteiger partial charge >= 0.3 is 0 Å². The summed E-state index contributed by atoms with van der Waals surface area (Å²) in [5.41, 5.74) is 1.31. The number of hydrogen-bond acceptors (Lipinski definition) is 5. The fraction of sp³-hybridized carbons (Fsp3) is 0.318. The number of aliphatic imine (C=N–C) groups is 1. The third kappa shape index (κ3) is 4.47. The van der Waals surface area contributed by atoms with Crippen molar-refractivity contribution < 1.29 is 14.3 Å². The predicted octanol–water partition coefficient (Wildman–Crippen LogP) is 2.70. The molecule has 156 valence electrons. The summed E-state index contributed by atoms with van der Waals surface area (Å²) >= 11 is 5.94. The van der Waals surface area contributed by atoms with E-state index in [4.69, 9.17) is 21.3 Å². The first-order chi connectivity index (χ1) is 14.5. The predicted molar refractivity (Wildman–Crippen MR) is 116 cm³/mol. The minimum atomic E-state index is -0.591. The molecule has 2 N–H and O–H groups in total. The lowest BCUT2D eigenvalue weighted by Gasteiger charge is -2.36. The van der Waals surface area contributed by atoms with Crippen molar-refractivity contribution in [3.63, 3.8) is 0 Å². The smallest absolute Gasteiger partial charge is 0.272 e. The van der Waals surface area contributed by atoms with Crippen LogP contribution in [-0.2, 0) is 9.59 Å². The largest absolute Gasteiger partial charge is 0.497 e. The van der Waals surface area contributed by atoms with Gasteiger partial charge in [-0.2, -0.15) is 0 Å². The van der Waals surface area contributed by atoms with E-state index in [2.05, 4.69) is 15.5 Å². The van der Waals surface area contributed by atoms with E-state index in [9.17, 15) is 9.59 Å². The highest BCUT2D eigenvalue weighted by Crippen LogP contribution is 2.29. The number of hydrogen-bond donors (Lipinski definition) is 2. The quantitative estimate of drug-likeness (QED) is 0.770. The highest BCUT2D eigenvalue weighted by atomic mass is 35.5. The Hall–Kier alpha value is -2.90. The molecule has 0 aliphatic carbocycles. The van der Waals surface area contributed by atoms with Gasteiger partial charge in [0.2, 0.25) is 5.91 Å². The molecule has 1 saturated heterocycles. The molecule has 8 heteroatoms. The van der Waals surface area contributed by atoms with Gasteiger partial charge in [0, 0.05) is 48.3 Å². The Morgan fingerprint density at radius 3 is 2.67 bits per heavy atom. The molecule has 0 bridgehead atoms. The van der Waals surface area contributed by atoms with Crippen LogP contribution in [0.25, 0.3) is 0 Å². The van der Waals surface area contributed by atoms with Crippen LogP contribution in [0.15, 0.2) is 53.5 Å². The summed E-state index contributed by atoms with van der Waals surface area (Å²) in [6.45, 7) is 1.63. The van der Waals surface area contributed by atoms with Crippen molar-refractivity contribution in [1.82, 2.24) is 10.2 Å². The van der Waals surface area contributed by atoms with Gasteiger partial charge in [0.15, 0.2) is 0 Å². The van der Waals surface area contributed by atoms with E-state index in [1.165, 1.54) is 0 Å². The molecule has 2 aromatic rings. The zero-order valence-corrected chi connectivity index (χ0v) is 17.4. The first-order valence-electron chi connectivity index (χ1n) is 9.81. The maximum Gasteiger partial charge on any atom is 0.272 e. The van der Waals surface area contributed by atoms with Crippen molar-refractivity contribution in [1.29, 1.82) is 0 Å². The van der Waals surface area contributed by atoms with Crippen LogP contribution >= 0.6 is 11.6 Å². The maximum atomic E-state index is 12.5. The van der Waals surface area contributed by atoms with E-state index in [1.807, 2.05) is 18.2 Å². The second kappa shape index (κ2) is 8.45. The average molecular weight is 427 g/mol. The molecule has 0 radical (unpaired) electrons. The zero-order chi connectivity index (χ0) is 21.1. The minimum absolute atomic E-state index is 0.0833. The normalized spacial score (nSPS) is 18.1. The Morgan fingerprint density at radius 2 is 1.97 bits per heavy atom. The molecule has 2 amide bonds. The summed E-state index contributed by atoms with van der Waals surface area (Å²) in [5.74, 6) is 0.445. The SMILES string of the molecule is COc1cccc(NC(=O)CN2CCC3(CC2)N=C(c2ccc(Cl)cc2)C(=O)N3)c1. The molecule has 0 saturated carbocycles. The highest BCUT2D eigenvalue weighted by molar-refractivity contribution is 6.47. The zero-order valence-electron chi connectivity index (χ0n) is 16.7. The minimum Gasteiger partial charge on any atom is -0.497 e. The summed E-state index contributed by atoms with van der Waals surface area (Å²) in [5, 5.41) is 6.56. The van der Waals surface area contributed by atoms with E-state index in [0.717, 1.165) is 5.56 Å². The van der Waals surface area contributed by atoms with Crippen LogP contribution in [0.1, 0.15) is 18.4 Å². The van der Waals surface area contributed by atoms with Crippen LogP contribution in [0, 0.1) is 0 Å². The molecule has 2 heterocycles. The Labute approximate surface area is 180 Å². The number of carbonyl (C=O) groups is 2. The molecular weight excluding hydrogens is 404 g/mol. The fourth-order valence-corrected chi connectivity index (χ4v) is 3.91. The number of ether oxygens (including phenoxy) is 1. The molecule has 7 nitrogen and oxygen atoms in total. The first kappa shape index (κ1) is 20.4. The fourth-order valence-electron chi connectivity index (χ4n) is 3.79. The van der Waals surface area contributed by atoms with E-state index >= 15 is 0 Å². The second-order valence-electron chi connectivity index (χ2n) is 7.51. The van der Waals surface area contributed by atoms with Crippen molar-refractivity contribution in [3.05, 3.63) is 59.1 Å². The first-order valence-corrected chi connectivity index (χ1v) is 10.2. The molecule has 1 spiro atoms. The number of amides is 2. The number of anilines is 1. The van der Waals surface area contributed by atoms with Gasteiger partial charge in [0.05, 0.1) is 13.7 Å². The summed E-state index contributed by atoms with van der Waals surface area (Å²) in [6.07, 6.45) is 1.31. The summed E-state index contributed by atoms with van der Waals surface area (Å²) in [6, 6.07) is 14.4. The average Bonchev–Trinajstić information content (AvgIpc) is 3.06. The number of benzene rings is 2. The van der Waals surface area contributed by atoms with E-state index in [1.54, 1.807) is 37.4 Å². The van der Waals surface area contributed by atoms with E-state index in [0.29, 0.717) is 48.1 Å². The summed E-state index contributed by atoms with van der Waals surface area (Å²) in [7, 11) is 1.59. The number of halogens is 1. The van der Waals surface area contributed by atoms with Crippen LogP contribution in [-0.4, -0.2) is 54.8 Å². The standard InChI is InChI=1S/C22H23ClN4O3/c1-30-18-4-2-3-17(13-18)24-19(28)14-27-11-9-22(10-12-27)25-20(21(29)26-22)15-5-7-16(23)8-6-15/h2-8,13H,9-12,14H2,1H3,(H,24,28)(H,26,29). The van der Waals surface area contributed by atoms with Gasteiger partial charge < -0.3 is 15.4 Å². The molecule has 0 atom stereocenters. The van der Waals surface area contributed by atoms with E-state index in [-0.39, 0.29) is 18.4 Å². The van der Waals surface area contributed by atoms with Gasteiger partial charge in [0.1, 0.15) is 17.1 Å². The third-order valence-corrected chi connectivity index (χ3v) is 5.66.